The molecule has 1 unspecified atom stereocenters. The van der Waals surface area contributed by atoms with Crippen LogP contribution in [0.3, 0.4) is 0 Å². The lowest BCUT2D eigenvalue weighted by Crippen LogP contribution is -2.28. The third kappa shape index (κ3) is 5.90. The van der Waals surface area contributed by atoms with Crippen LogP contribution in [-0.2, 0) is 6.54 Å². The lowest BCUT2D eigenvalue weighted by atomic mass is 9.85. The van der Waals surface area contributed by atoms with E-state index in [9.17, 15) is 0 Å². The number of nitrogens with one attached hydrogen (secondary N) is 1. The van der Waals surface area contributed by atoms with Gasteiger partial charge in [0.2, 0.25) is 0 Å². The summed E-state index contributed by atoms with van der Waals surface area (Å²) in [5, 5.41) is 3.77. The van der Waals surface area contributed by atoms with E-state index in [1.165, 1.54) is 59.4 Å². The van der Waals surface area contributed by atoms with Crippen LogP contribution >= 0.6 is 11.8 Å². The van der Waals surface area contributed by atoms with Gasteiger partial charge in [-0.05, 0) is 49.9 Å². The summed E-state index contributed by atoms with van der Waals surface area (Å²) >= 11 is 1.87. The maximum atomic E-state index is 3.77. The molecule has 0 radical (unpaired) electrons. The van der Waals surface area contributed by atoms with E-state index >= 15 is 0 Å². The van der Waals surface area contributed by atoms with Crippen LogP contribution in [0, 0.1) is 12.8 Å². The fourth-order valence-corrected chi connectivity index (χ4v) is 4.72. The van der Waals surface area contributed by atoms with Gasteiger partial charge < -0.3 is 5.32 Å². The number of hydrogen-bond acceptors (Lipinski definition) is 2. The molecule has 0 spiro atoms. The molecule has 1 aliphatic carbocycles. The highest BCUT2D eigenvalue weighted by molar-refractivity contribution is 7.99. The predicted molar refractivity (Wildman–Crippen MR) is 109 cm³/mol. The van der Waals surface area contributed by atoms with Crippen LogP contribution in [0.4, 0.5) is 0 Å². The summed E-state index contributed by atoms with van der Waals surface area (Å²) in [7, 11) is 0. The fourth-order valence-electron chi connectivity index (χ4n) is 3.77. The van der Waals surface area contributed by atoms with Crippen molar-refractivity contribution < 1.29 is 0 Å². The van der Waals surface area contributed by atoms with Gasteiger partial charge in [0.15, 0.2) is 0 Å². The summed E-state index contributed by atoms with van der Waals surface area (Å²) in [4.78, 5) is 2.68. The maximum Gasteiger partial charge on any atom is 0.0219 e. The maximum absolute atomic E-state index is 3.77. The predicted octanol–water partition coefficient (Wildman–Crippen LogP) is 6.59. The van der Waals surface area contributed by atoms with E-state index in [0.29, 0.717) is 6.04 Å². The summed E-state index contributed by atoms with van der Waals surface area (Å²) < 4.78 is 0. The first-order valence-corrected chi connectivity index (χ1v) is 10.6. The van der Waals surface area contributed by atoms with Gasteiger partial charge in [-0.2, -0.15) is 0 Å². The van der Waals surface area contributed by atoms with Gasteiger partial charge in [-0.3, -0.25) is 0 Å². The Hall–Kier alpha value is -1.25. The van der Waals surface area contributed by atoms with Crippen LogP contribution in [0.2, 0.25) is 0 Å². The summed E-state index contributed by atoms with van der Waals surface area (Å²) in [5.41, 5.74) is 2.72. The Kier molecular flexibility index (Phi) is 7.01. The minimum atomic E-state index is 0.598. The normalized spacial score (nSPS) is 16.7. The van der Waals surface area contributed by atoms with Gasteiger partial charge in [-0.1, -0.05) is 79.8 Å². The summed E-state index contributed by atoms with van der Waals surface area (Å²) in [6, 6.07) is 18.2. The molecule has 2 heteroatoms. The molecule has 0 aromatic heterocycles. The molecular weight excluding hydrogens is 322 g/mol. The summed E-state index contributed by atoms with van der Waals surface area (Å²) in [5.74, 6) is 0.938. The van der Waals surface area contributed by atoms with E-state index < -0.39 is 0 Å². The zero-order valence-electron chi connectivity index (χ0n) is 15.6. The van der Waals surface area contributed by atoms with Gasteiger partial charge in [0, 0.05) is 22.4 Å². The van der Waals surface area contributed by atoms with Gasteiger partial charge in [-0.25, -0.2) is 0 Å². The Labute approximate surface area is 157 Å². The van der Waals surface area contributed by atoms with Crippen LogP contribution in [0.5, 0.6) is 0 Å². The van der Waals surface area contributed by atoms with Gasteiger partial charge in [0.1, 0.15) is 0 Å². The van der Waals surface area contributed by atoms with E-state index in [4.69, 9.17) is 0 Å². The van der Waals surface area contributed by atoms with Crippen molar-refractivity contribution in [2.45, 2.75) is 74.7 Å². The Morgan fingerprint density at radius 2 is 1.72 bits per heavy atom. The van der Waals surface area contributed by atoms with Gasteiger partial charge in [0.05, 0.1) is 0 Å². The molecule has 1 aliphatic rings. The lowest BCUT2D eigenvalue weighted by Gasteiger charge is -2.25. The molecule has 134 valence electrons. The molecule has 2 aromatic carbocycles. The van der Waals surface area contributed by atoms with Crippen molar-refractivity contribution in [1.82, 2.24) is 5.32 Å². The molecular formula is C23H31NS. The molecule has 1 saturated carbocycles. The highest BCUT2D eigenvalue weighted by Crippen LogP contribution is 2.31. The van der Waals surface area contributed by atoms with E-state index in [1.54, 1.807) is 0 Å². The average Bonchev–Trinajstić information content (AvgIpc) is 2.64. The molecule has 1 N–H and O–H groups in total. The Morgan fingerprint density at radius 1 is 1.00 bits per heavy atom. The van der Waals surface area contributed by atoms with Crippen molar-refractivity contribution >= 4 is 11.8 Å². The molecule has 0 heterocycles. The van der Waals surface area contributed by atoms with Crippen molar-refractivity contribution in [2.75, 3.05) is 0 Å². The second kappa shape index (κ2) is 9.45. The van der Waals surface area contributed by atoms with Crippen molar-refractivity contribution in [3.63, 3.8) is 0 Å². The van der Waals surface area contributed by atoms with Gasteiger partial charge >= 0.3 is 0 Å². The Morgan fingerprint density at radius 3 is 2.48 bits per heavy atom. The van der Waals surface area contributed by atoms with E-state index in [2.05, 4.69) is 67.7 Å². The average molecular weight is 354 g/mol. The van der Waals surface area contributed by atoms with Gasteiger partial charge in [-0.15, -0.1) is 0 Å². The first-order valence-electron chi connectivity index (χ1n) is 9.76. The largest absolute Gasteiger partial charge is 0.310 e. The highest BCUT2D eigenvalue weighted by atomic mass is 32.2. The molecule has 0 aliphatic heterocycles. The third-order valence-corrected chi connectivity index (χ3v) is 6.40. The van der Waals surface area contributed by atoms with Crippen LogP contribution < -0.4 is 5.32 Å². The zero-order valence-corrected chi connectivity index (χ0v) is 16.4. The zero-order chi connectivity index (χ0) is 17.5. The molecule has 1 atom stereocenters. The van der Waals surface area contributed by atoms with E-state index in [1.807, 2.05) is 11.8 Å². The summed E-state index contributed by atoms with van der Waals surface area (Å²) in [6.07, 6.45) is 8.52. The van der Waals surface area contributed by atoms with Crippen LogP contribution in [-0.4, -0.2) is 6.04 Å². The van der Waals surface area contributed by atoms with Gasteiger partial charge in [0.25, 0.3) is 0 Å². The number of hydrogen-bond donors (Lipinski definition) is 1. The number of benzene rings is 2. The number of rotatable bonds is 7. The van der Waals surface area contributed by atoms with Crippen molar-refractivity contribution in [3.8, 4) is 0 Å². The van der Waals surface area contributed by atoms with E-state index in [0.717, 1.165) is 12.5 Å². The molecule has 1 nitrogen and oxygen atoms in total. The van der Waals surface area contributed by atoms with Crippen molar-refractivity contribution in [3.05, 3.63) is 59.7 Å². The lowest BCUT2D eigenvalue weighted by molar-refractivity contribution is 0.304. The first-order chi connectivity index (χ1) is 12.2. The topological polar surface area (TPSA) is 12.0 Å². The minimum Gasteiger partial charge on any atom is -0.310 e. The fraction of sp³-hybridized carbons (Fsp3) is 0.478. The van der Waals surface area contributed by atoms with E-state index in [-0.39, 0.29) is 0 Å². The SMILES string of the molecule is Cc1ccc(Sc2ccccc2CNC(C)CC2CCCCC2)cc1. The molecule has 2 aromatic rings. The van der Waals surface area contributed by atoms with Crippen molar-refractivity contribution in [1.29, 1.82) is 0 Å². The minimum absolute atomic E-state index is 0.598. The van der Waals surface area contributed by atoms with Crippen LogP contribution in [0.25, 0.3) is 0 Å². The molecule has 25 heavy (non-hydrogen) atoms. The molecule has 0 amide bonds. The van der Waals surface area contributed by atoms with Crippen molar-refractivity contribution in [2.24, 2.45) is 5.92 Å². The quantitative estimate of drug-likeness (QED) is 0.602. The second-order valence-corrected chi connectivity index (χ2v) is 8.66. The Bertz CT molecular complexity index is 643. The highest BCUT2D eigenvalue weighted by Gasteiger charge is 2.16. The monoisotopic (exact) mass is 353 g/mol. The third-order valence-electron chi connectivity index (χ3n) is 5.27. The van der Waals surface area contributed by atoms with Crippen LogP contribution in [0.15, 0.2) is 58.3 Å². The number of aryl methyl sites for hydroxylation is 1. The second-order valence-electron chi connectivity index (χ2n) is 7.54. The first kappa shape index (κ1) is 18.5. The Balaban J connectivity index is 1.55. The smallest absolute Gasteiger partial charge is 0.0219 e. The molecule has 1 fully saturated rings. The summed E-state index contributed by atoms with van der Waals surface area (Å²) in [6.45, 7) is 5.45. The molecule has 3 rings (SSSR count). The molecule has 0 bridgehead atoms. The molecule has 0 saturated heterocycles. The van der Waals surface area contributed by atoms with Crippen LogP contribution in [0.1, 0.15) is 56.6 Å². The standard InChI is InChI=1S/C23H31NS/c1-18-12-14-22(15-13-18)25-23-11-7-6-10-21(23)17-24-19(2)16-20-8-4-3-5-9-20/h6-7,10-15,19-20,24H,3-5,8-9,16-17H2,1-2H3.